The molecule has 0 bridgehead atoms. The maximum atomic E-state index is 12.9. The van der Waals surface area contributed by atoms with Crippen LogP contribution in [-0.2, 0) is 6.18 Å². The van der Waals surface area contributed by atoms with Crippen LogP contribution in [0.5, 0.6) is 0 Å². The molecule has 2 nitrogen and oxygen atoms in total. The number of nitrogens with one attached hydrogen (secondary N) is 1. The standard InChI is InChI=1S/C15H21F3N2S/c1-4-14(5-2,6-3)20-10-7-8-12(15(16,17)18)11(9-10)13(19)21/h7-9,20H,4-6H2,1-3H3,(H2,19,21). The van der Waals surface area contributed by atoms with Crippen LogP contribution in [0.25, 0.3) is 0 Å². The van der Waals surface area contributed by atoms with Gasteiger partial charge >= 0.3 is 6.18 Å². The van der Waals surface area contributed by atoms with Crippen molar-refractivity contribution in [1.29, 1.82) is 0 Å². The van der Waals surface area contributed by atoms with Gasteiger partial charge in [0.15, 0.2) is 0 Å². The van der Waals surface area contributed by atoms with Gasteiger partial charge in [-0.15, -0.1) is 0 Å². The highest BCUT2D eigenvalue weighted by molar-refractivity contribution is 7.80. The second-order valence-corrected chi connectivity index (χ2v) is 5.53. The highest BCUT2D eigenvalue weighted by Gasteiger charge is 2.34. The number of halogens is 3. The molecule has 0 aromatic heterocycles. The lowest BCUT2D eigenvalue weighted by Gasteiger charge is -2.33. The van der Waals surface area contributed by atoms with E-state index in [1.165, 1.54) is 12.1 Å². The molecule has 0 aliphatic heterocycles. The Balaban J connectivity index is 3.24. The Hall–Kier alpha value is -1.30. The van der Waals surface area contributed by atoms with Gasteiger partial charge in [-0.25, -0.2) is 0 Å². The molecule has 0 spiro atoms. The maximum Gasteiger partial charge on any atom is 0.417 e. The first kappa shape index (κ1) is 17.8. The molecule has 1 aromatic rings. The zero-order valence-electron chi connectivity index (χ0n) is 12.5. The lowest BCUT2D eigenvalue weighted by Crippen LogP contribution is -2.36. The molecule has 0 atom stereocenters. The van der Waals surface area contributed by atoms with Gasteiger partial charge in [-0.3, -0.25) is 0 Å². The third-order valence-electron chi connectivity index (χ3n) is 4.03. The van der Waals surface area contributed by atoms with Crippen molar-refractivity contribution >= 4 is 22.9 Å². The van der Waals surface area contributed by atoms with Crippen molar-refractivity contribution in [2.24, 2.45) is 5.73 Å². The minimum absolute atomic E-state index is 0.132. The molecule has 0 saturated carbocycles. The first-order chi connectivity index (χ1) is 9.69. The topological polar surface area (TPSA) is 38.0 Å². The molecule has 0 heterocycles. The fourth-order valence-corrected chi connectivity index (χ4v) is 2.56. The lowest BCUT2D eigenvalue weighted by atomic mass is 9.89. The number of nitrogens with two attached hydrogens (primary N) is 1. The van der Waals surface area contributed by atoms with Crippen LogP contribution in [-0.4, -0.2) is 10.5 Å². The minimum Gasteiger partial charge on any atom is -0.389 e. The van der Waals surface area contributed by atoms with Gasteiger partial charge in [-0.05, 0) is 37.5 Å². The van der Waals surface area contributed by atoms with Gasteiger partial charge in [-0.2, -0.15) is 13.2 Å². The van der Waals surface area contributed by atoms with Crippen molar-refractivity contribution in [3.63, 3.8) is 0 Å². The van der Waals surface area contributed by atoms with E-state index in [4.69, 9.17) is 18.0 Å². The fourth-order valence-electron chi connectivity index (χ4n) is 2.39. The number of hydrogen-bond donors (Lipinski definition) is 2. The summed E-state index contributed by atoms with van der Waals surface area (Å²) in [6.45, 7) is 6.16. The summed E-state index contributed by atoms with van der Waals surface area (Å²) in [5.41, 5.74) is 4.99. The van der Waals surface area contributed by atoms with Crippen molar-refractivity contribution in [1.82, 2.24) is 0 Å². The summed E-state index contributed by atoms with van der Waals surface area (Å²) >= 11 is 4.75. The summed E-state index contributed by atoms with van der Waals surface area (Å²) in [5, 5.41) is 3.33. The number of thiocarbonyl (C=S) groups is 1. The molecule has 6 heteroatoms. The summed E-state index contributed by atoms with van der Waals surface area (Å²) in [6.07, 6.45) is -1.83. The van der Waals surface area contributed by atoms with E-state index in [0.29, 0.717) is 5.69 Å². The number of anilines is 1. The summed E-state index contributed by atoms with van der Waals surface area (Å²) in [7, 11) is 0. The molecule has 0 aliphatic carbocycles. The van der Waals surface area contributed by atoms with Gasteiger partial charge < -0.3 is 11.1 Å². The third kappa shape index (κ3) is 4.09. The maximum absolute atomic E-state index is 12.9. The molecule has 0 unspecified atom stereocenters. The van der Waals surface area contributed by atoms with Gasteiger partial charge in [0, 0.05) is 16.8 Å². The van der Waals surface area contributed by atoms with Crippen LogP contribution >= 0.6 is 12.2 Å². The molecule has 0 saturated heterocycles. The average molecular weight is 318 g/mol. The molecule has 3 N–H and O–H groups in total. The van der Waals surface area contributed by atoms with Gasteiger partial charge in [0.25, 0.3) is 0 Å². The van der Waals surface area contributed by atoms with E-state index in [9.17, 15) is 13.2 Å². The largest absolute Gasteiger partial charge is 0.417 e. The molecule has 0 radical (unpaired) electrons. The molecule has 21 heavy (non-hydrogen) atoms. The van der Waals surface area contributed by atoms with Gasteiger partial charge in [0.05, 0.1) is 5.56 Å². The fraction of sp³-hybridized carbons (Fsp3) is 0.533. The van der Waals surface area contributed by atoms with Crippen molar-refractivity contribution in [2.75, 3.05) is 5.32 Å². The normalized spacial score (nSPS) is 12.3. The Morgan fingerprint density at radius 2 is 1.67 bits per heavy atom. The van der Waals surface area contributed by atoms with E-state index in [-0.39, 0.29) is 16.1 Å². The molecule has 0 fully saturated rings. The molecule has 118 valence electrons. The predicted octanol–water partition coefficient (Wildman–Crippen LogP) is 4.72. The first-order valence-corrected chi connectivity index (χ1v) is 7.39. The van der Waals surface area contributed by atoms with Crippen LogP contribution in [0.1, 0.15) is 51.2 Å². The first-order valence-electron chi connectivity index (χ1n) is 6.98. The van der Waals surface area contributed by atoms with Gasteiger partial charge in [0.1, 0.15) is 4.99 Å². The van der Waals surface area contributed by atoms with Crippen LogP contribution < -0.4 is 11.1 Å². The zero-order valence-corrected chi connectivity index (χ0v) is 13.3. The van der Waals surface area contributed by atoms with E-state index in [2.05, 4.69) is 26.1 Å². The van der Waals surface area contributed by atoms with Crippen LogP contribution in [0.3, 0.4) is 0 Å². The van der Waals surface area contributed by atoms with E-state index < -0.39 is 11.7 Å². The molecule has 0 aliphatic rings. The highest BCUT2D eigenvalue weighted by Crippen LogP contribution is 2.34. The quantitative estimate of drug-likeness (QED) is 0.745. The monoisotopic (exact) mass is 318 g/mol. The number of hydrogen-bond acceptors (Lipinski definition) is 2. The van der Waals surface area contributed by atoms with Crippen molar-refractivity contribution in [3.8, 4) is 0 Å². The SMILES string of the molecule is CCC(CC)(CC)Nc1ccc(C(F)(F)F)c(C(N)=S)c1. The summed E-state index contributed by atoms with van der Waals surface area (Å²) in [6, 6.07) is 3.85. The van der Waals surface area contributed by atoms with E-state index in [1.54, 1.807) is 0 Å². The Labute approximate surface area is 128 Å². The Morgan fingerprint density at radius 1 is 1.14 bits per heavy atom. The number of alkyl halides is 3. The van der Waals surface area contributed by atoms with Gasteiger partial charge in [0.2, 0.25) is 0 Å². The van der Waals surface area contributed by atoms with Crippen LogP contribution in [0.15, 0.2) is 18.2 Å². The van der Waals surface area contributed by atoms with E-state index >= 15 is 0 Å². The van der Waals surface area contributed by atoms with Crippen molar-refractivity contribution in [2.45, 2.75) is 51.7 Å². The molecule has 1 rings (SSSR count). The van der Waals surface area contributed by atoms with E-state index in [0.717, 1.165) is 25.3 Å². The number of rotatable bonds is 6. The summed E-state index contributed by atoms with van der Waals surface area (Å²) in [5.74, 6) is 0. The molecular formula is C15H21F3N2S. The zero-order chi connectivity index (χ0) is 16.3. The Morgan fingerprint density at radius 3 is 2.05 bits per heavy atom. The lowest BCUT2D eigenvalue weighted by molar-refractivity contribution is -0.137. The number of benzene rings is 1. The van der Waals surface area contributed by atoms with Crippen molar-refractivity contribution in [3.05, 3.63) is 29.3 Å². The Bertz CT molecular complexity index is 500. The van der Waals surface area contributed by atoms with Crippen LogP contribution in [0.2, 0.25) is 0 Å². The molecule has 0 amide bonds. The van der Waals surface area contributed by atoms with Crippen LogP contribution in [0.4, 0.5) is 18.9 Å². The average Bonchev–Trinajstić information content (AvgIpc) is 2.43. The third-order valence-corrected chi connectivity index (χ3v) is 4.25. The second kappa shape index (κ2) is 6.64. The second-order valence-electron chi connectivity index (χ2n) is 5.09. The minimum atomic E-state index is -4.46. The Kier molecular flexibility index (Phi) is 5.61. The highest BCUT2D eigenvalue weighted by atomic mass is 32.1. The van der Waals surface area contributed by atoms with E-state index in [1.807, 2.05) is 0 Å². The van der Waals surface area contributed by atoms with Gasteiger partial charge in [-0.1, -0.05) is 33.0 Å². The van der Waals surface area contributed by atoms with Crippen molar-refractivity contribution < 1.29 is 13.2 Å². The molecule has 1 aromatic carbocycles. The predicted molar refractivity (Wildman–Crippen MR) is 84.6 cm³/mol. The smallest absolute Gasteiger partial charge is 0.389 e. The van der Waals surface area contributed by atoms with Crippen LogP contribution in [0, 0.1) is 0 Å². The summed E-state index contributed by atoms with van der Waals surface area (Å²) < 4.78 is 38.8. The molecular weight excluding hydrogens is 297 g/mol. The summed E-state index contributed by atoms with van der Waals surface area (Å²) in [4.78, 5) is -0.249.